The molecule has 0 saturated heterocycles. The van der Waals surface area contributed by atoms with E-state index in [1.807, 2.05) is 0 Å². The van der Waals surface area contributed by atoms with Crippen molar-refractivity contribution in [3.05, 3.63) is 200 Å². The summed E-state index contributed by atoms with van der Waals surface area (Å²) in [6, 6.07) is 32.0. The van der Waals surface area contributed by atoms with E-state index >= 15 is 0 Å². The fourth-order valence-electron chi connectivity index (χ4n) is 8.67. The first-order chi connectivity index (χ1) is 37.6. The molecule has 7 aromatic carbocycles. The van der Waals surface area contributed by atoms with Crippen molar-refractivity contribution >= 4 is 126 Å². The Labute approximate surface area is 471 Å². The number of hydrogen-bond donors (Lipinski definition) is 0. The number of ether oxygens (including phenoxy) is 3. The standard InChI is InChI=1S/C57H27Cl6N9O6/c1-5-43(73)76-34-14-8-31(9-15-34)70-52-49-53(71(32-10-16-35(17-11-32)77-44(74)6-2)55(67-49)46-37(58)20-28(26-64)21-38(46)59)51-54(50(52)68-56(70)47-39(60)22-29(27-65)23-40(47)61)72(33-12-18-36(19-13-33)78-45(75)7-3)57(69-51)48-41(62)24-30(66-4)25-42(48)63/h5-25H,1-3H2. The van der Waals surface area contributed by atoms with E-state index in [1.54, 1.807) is 86.5 Å². The first-order valence-corrected chi connectivity index (χ1v) is 24.8. The lowest BCUT2D eigenvalue weighted by Gasteiger charge is -2.14. The average Bonchev–Trinajstić information content (AvgIpc) is 3.22. The van der Waals surface area contributed by atoms with Crippen LogP contribution < -0.4 is 14.2 Å². The number of halogens is 6. The van der Waals surface area contributed by atoms with Crippen molar-refractivity contribution in [1.82, 2.24) is 28.7 Å². The Morgan fingerprint density at radius 2 is 0.731 bits per heavy atom. The zero-order valence-electron chi connectivity index (χ0n) is 39.5. The van der Waals surface area contributed by atoms with Gasteiger partial charge in [-0.1, -0.05) is 89.3 Å². The quantitative estimate of drug-likeness (QED) is 0.0491. The van der Waals surface area contributed by atoms with E-state index in [9.17, 15) is 24.9 Å². The Bertz CT molecular complexity index is 3870. The molecule has 0 atom stereocenters. The summed E-state index contributed by atoms with van der Waals surface area (Å²) >= 11 is 42.8. The van der Waals surface area contributed by atoms with Crippen LogP contribution in [0.2, 0.25) is 30.1 Å². The molecule has 378 valence electrons. The summed E-state index contributed by atoms with van der Waals surface area (Å²) in [5, 5.41) is 20.2. The van der Waals surface area contributed by atoms with Crippen molar-refractivity contribution in [2.24, 2.45) is 0 Å². The Hall–Kier alpha value is -9.21. The number of nitriles is 2. The predicted molar refractivity (Wildman–Crippen MR) is 300 cm³/mol. The van der Waals surface area contributed by atoms with Crippen LogP contribution in [-0.2, 0) is 14.4 Å². The van der Waals surface area contributed by atoms with E-state index < -0.39 is 17.9 Å². The number of imidazole rings is 3. The summed E-state index contributed by atoms with van der Waals surface area (Å²) in [5.74, 6) is -1.27. The topological polar surface area (TPSA) is 184 Å². The van der Waals surface area contributed by atoms with E-state index in [0.717, 1.165) is 18.2 Å². The molecule has 0 amide bonds. The minimum atomic E-state index is -0.707. The molecule has 0 saturated carbocycles. The fraction of sp³-hybridized carbons (Fsp3) is 0. The Morgan fingerprint density at radius 3 is 0.962 bits per heavy atom. The largest absolute Gasteiger partial charge is 0.423 e. The van der Waals surface area contributed by atoms with Gasteiger partial charge in [0.15, 0.2) is 5.69 Å². The molecule has 15 nitrogen and oxygen atoms in total. The number of hydrogen-bond acceptors (Lipinski definition) is 11. The lowest BCUT2D eigenvalue weighted by Crippen LogP contribution is -2.04. The van der Waals surface area contributed by atoms with Crippen LogP contribution in [0.1, 0.15) is 11.1 Å². The molecule has 0 unspecified atom stereocenters. The first kappa shape index (κ1) is 52.2. The van der Waals surface area contributed by atoms with Crippen molar-refractivity contribution in [3.8, 4) is 80.6 Å². The van der Waals surface area contributed by atoms with E-state index in [4.69, 9.17) is 105 Å². The molecule has 0 spiro atoms. The van der Waals surface area contributed by atoms with Gasteiger partial charge in [0.1, 0.15) is 67.8 Å². The van der Waals surface area contributed by atoms with Crippen molar-refractivity contribution in [2.75, 3.05) is 0 Å². The van der Waals surface area contributed by atoms with Gasteiger partial charge in [-0.2, -0.15) is 10.5 Å². The number of aromatic nitrogens is 6. The highest BCUT2D eigenvalue weighted by molar-refractivity contribution is 6.41. The molecular formula is C57H27Cl6N9O6. The van der Waals surface area contributed by atoms with Crippen LogP contribution in [0.15, 0.2) is 147 Å². The van der Waals surface area contributed by atoms with Gasteiger partial charge >= 0.3 is 17.9 Å². The van der Waals surface area contributed by atoms with Crippen LogP contribution in [0.25, 0.3) is 89.2 Å². The third-order valence-corrected chi connectivity index (χ3v) is 13.7. The smallest absolute Gasteiger partial charge is 0.335 e. The number of nitrogens with zero attached hydrogens (tertiary/aromatic N) is 9. The fourth-order valence-corrected chi connectivity index (χ4v) is 10.6. The Morgan fingerprint density at radius 1 is 0.474 bits per heavy atom. The van der Waals surface area contributed by atoms with Crippen LogP contribution in [0.3, 0.4) is 0 Å². The Kier molecular flexibility index (Phi) is 14.1. The zero-order chi connectivity index (χ0) is 55.3. The lowest BCUT2D eigenvalue weighted by atomic mass is 10.1. The van der Waals surface area contributed by atoms with Crippen molar-refractivity contribution in [1.29, 1.82) is 10.5 Å². The van der Waals surface area contributed by atoms with Crippen molar-refractivity contribution in [3.63, 3.8) is 0 Å². The molecule has 10 aromatic rings. The molecular weight excluding hydrogens is 1120 g/mol. The summed E-state index contributed by atoms with van der Waals surface area (Å²) in [5.41, 5.74) is 3.55. The third-order valence-electron chi connectivity index (χ3n) is 11.9. The molecule has 0 aliphatic carbocycles. The van der Waals surface area contributed by atoms with Gasteiger partial charge in [-0.05, 0) is 109 Å². The summed E-state index contributed by atoms with van der Waals surface area (Å²) < 4.78 is 21.6. The molecule has 3 heterocycles. The van der Waals surface area contributed by atoms with Gasteiger partial charge in [-0.3, -0.25) is 13.7 Å². The van der Waals surface area contributed by atoms with E-state index in [0.29, 0.717) is 17.1 Å². The molecule has 0 radical (unpaired) electrons. The molecule has 78 heavy (non-hydrogen) atoms. The average molecular weight is 1150 g/mol. The number of rotatable bonds is 12. The SMILES string of the molecule is [C-]#[N+]c1cc(Cl)c(-c2nc3c4c(nc(-c5c(Cl)cc(C#N)cc5Cl)n4-c4ccc(OC(=O)C=C)cc4)c4c(nc(-c5c(Cl)cc(C#N)cc5Cl)n4-c4ccc(OC(=O)C=C)cc4)c3n2-c2ccc(OC(=O)C=C)cc2)c(Cl)c1. The maximum atomic E-state index is 12.4. The zero-order valence-corrected chi connectivity index (χ0v) is 44.0. The second kappa shape index (κ2) is 21.1. The van der Waals surface area contributed by atoms with Gasteiger partial charge in [0.25, 0.3) is 0 Å². The number of carbonyl (C=O) groups is 3. The number of fused-ring (bicyclic) bond motifs is 6. The van der Waals surface area contributed by atoms with Gasteiger partial charge in [-0.25, -0.2) is 34.2 Å². The van der Waals surface area contributed by atoms with Crippen LogP contribution in [0, 0.1) is 29.2 Å². The summed E-state index contributed by atoms with van der Waals surface area (Å²) in [4.78, 5) is 57.0. The van der Waals surface area contributed by atoms with E-state index in [2.05, 4.69) is 36.7 Å². The lowest BCUT2D eigenvalue weighted by molar-refractivity contribution is -0.129. The molecule has 3 aromatic heterocycles. The molecule has 0 bridgehead atoms. The van der Waals surface area contributed by atoms with Crippen molar-refractivity contribution < 1.29 is 28.6 Å². The summed E-state index contributed by atoms with van der Waals surface area (Å²) in [7, 11) is 0. The summed E-state index contributed by atoms with van der Waals surface area (Å²) in [6.07, 6.45) is 3.06. The number of esters is 3. The van der Waals surface area contributed by atoms with Crippen LogP contribution >= 0.6 is 69.6 Å². The first-order valence-electron chi connectivity index (χ1n) is 22.5. The van der Waals surface area contributed by atoms with Gasteiger partial charge in [0, 0.05) is 45.3 Å². The van der Waals surface area contributed by atoms with E-state index in [-0.39, 0.29) is 131 Å². The predicted octanol–water partition coefficient (Wildman–Crippen LogP) is 15.2. The third kappa shape index (κ3) is 9.25. The monoisotopic (exact) mass is 1140 g/mol. The van der Waals surface area contributed by atoms with Crippen LogP contribution in [0.5, 0.6) is 17.2 Å². The maximum absolute atomic E-state index is 12.4. The number of benzene rings is 7. The van der Waals surface area contributed by atoms with Gasteiger partial charge in [-0.15, -0.1) is 0 Å². The van der Waals surface area contributed by atoms with Crippen molar-refractivity contribution in [2.45, 2.75) is 0 Å². The summed E-state index contributed by atoms with van der Waals surface area (Å²) in [6.45, 7) is 18.3. The van der Waals surface area contributed by atoms with Gasteiger partial charge in [0.2, 0.25) is 0 Å². The highest BCUT2D eigenvalue weighted by Gasteiger charge is 2.33. The van der Waals surface area contributed by atoms with Crippen LogP contribution in [-0.4, -0.2) is 46.6 Å². The van der Waals surface area contributed by atoms with Crippen LogP contribution in [0.4, 0.5) is 5.69 Å². The highest BCUT2D eigenvalue weighted by atomic mass is 35.5. The maximum Gasteiger partial charge on any atom is 0.335 e. The molecule has 0 N–H and O–H groups in total. The molecule has 10 rings (SSSR count). The minimum absolute atomic E-state index is 0.0385. The molecule has 0 fully saturated rings. The molecule has 21 heteroatoms. The molecule has 0 aliphatic heterocycles. The highest BCUT2D eigenvalue weighted by Crippen LogP contribution is 2.49. The number of carbonyl (C=O) groups excluding carboxylic acids is 3. The normalized spacial score (nSPS) is 11.0. The van der Waals surface area contributed by atoms with Gasteiger partial charge < -0.3 is 14.2 Å². The van der Waals surface area contributed by atoms with E-state index in [1.165, 1.54) is 36.4 Å². The second-order valence-corrected chi connectivity index (χ2v) is 19.0. The minimum Gasteiger partial charge on any atom is -0.423 e. The molecule has 0 aliphatic rings. The van der Waals surface area contributed by atoms with Gasteiger partial charge in [0.05, 0.1) is 66.6 Å². The Balaban J connectivity index is 1.49. The second-order valence-electron chi connectivity index (χ2n) is 16.5.